The number of halogens is 2. The van der Waals surface area contributed by atoms with Gasteiger partial charge in [-0.2, -0.15) is 4.98 Å². The Balaban J connectivity index is 2.28. The van der Waals surface area contributed by atoms with Gasteiger partial charge in [0.1, 0.15) is 22.2 Å². The summed E-state index contributed by atoms with van der Waals surface area (Å²) >= 11 is 7.98. The maximum absolute atomic E-state index is 12.9. The Kier molecular flexibility index (Phi) is 3.83. The summed E-state index contributed by atoms with van der Waals surface area (Å²) < 4.78 is 18.8. The van der Waals surface area contributed by atoms with Crippen molar-refractivity contribution >= 4 is 33.1 Å². The zero-order chi connectivity index (χ0) is 13.1. The number of thiocarbonyl (C=S) groups is 1. The average Bonchev–Trinajstić information content (AvgIpc) is 2.33. The van der Waals surface area contributed by atoms with E-state index in [-0.39, 0.29) is 16.8 Å². The lowest BCUT2D eigenvalue weighted by atomic mass is 10.3. The maximum Gasteiger partial charge on any atom is 0.322 e. The first-order valence-corrected chi connectivity index (χ1v) is 6.02. The minimum absolute atomic E-state index is 0.0904. The molecule has 0 aliphatic heterocycles. The van der Waals surface area contributed by atoms with E-state index >= 15 is 0 Å². The van der Waals surface area contributed by atoms with Gasteiger partial charge in [0.15, 0.2) is 0 Å². The van der Waals surface area contributed by atoms with E-state index < -0.39 is 0 Å². The second-order valence-corrected chi connectivity index (χ2v) is 4.56. The largest absolute Gasteiger partial charge is 0.423 e. The molecule has 0 amide bonds. The molecule has 0 spiro atoms. The minimum Gasteiger partial charge on any atom is -0.423 e. The fourth-order valence-corrected chi connectivity index (χ4v) is 1.73. The molecule has 0 fully saturated rings. The summed E-state index contributed by atoms with van der Waals surface area (Å²) in [7, 11) is 0. The lowest BCUT2D eigenvalue weighted by molar-refractivity contribution is 0.437. The number of hydrogen-bond acceptors (Lipinski definition) is 4. The fraction of sp³-hybridized carbons (Fsp3) is 0. The quantitative estimate of drug-likeness (QED) is 0.878. The molecule has 0 saturated carbocycles. The molecule has 2 N–H and O–H groups in total. The van der Waals surface area contributed by atoms with Gasteiger partial charge in [-0.3, -0.25) is 0 Å². The van der Waals surface area contributed by atoms with Crippen LogP contribution in [0.15, 0.2) is 34.9 Å². The highest BCUT2D eigenvalue weighted by atomic mass is 79.9. The highest BCUT2D eigenvalue weighted by Crippen LogP contribution is 2.28. The molecule has 1 heterocycles. The first-order valence-electron chi connectivity index (χ1n) is 4.82. The first-order chi connectivity index (χ1) is 8.56. The average molecular weight is 328 g/mol. The summed E-state index contributed by atoms with van der Waals surface area (Å²) in [5.74, 6) is 0.0310. The van der Waals surface area contributed by atoms with Crippen LogP contribution in [0, 0.1) is 5.82 Å². The van der Waals surface area contributed by atoms with Crippen molar-refractivity contribution in [3.05, 3.63) is 46.4 Å². The van der Waals surface area contributed by atoms with Crippen LogP contribution < -0.4 is 10.5 Å². The molecule has 0 bridgehead atoms. The van der Waals surface area contributed by atoms with Gasteiger partial charge in [0, 0.05) is 6.20 Å². The van der Waals surface area contributed by atoms with E-state index in [0.29, 0.717) is 15.9 Å². The van der Waals surface area contributed by atoms with Crippen LogP contribution in [0.3, 0.4) is 0 Å². The molecule has 0 aliphatic carbocycles. The summed E-state index contributed by atoms with van der Waals surface area (Å²) in [5, 5.41) is 0. The van der Waals surface area contributed by atoms with Crippen molar-refractivity contribution in [2.24, 2.45) is 5.73 Å². The Morgan fingerprint density at radius 3 is 2.83 bits per heavy atom. The van der Waals surface area contributed by atoms with Crippen LogP contribution in [0.4, 0.5) is 4.39 Å². The molecule has 92 valence electrons. The van der Waals surface area contributed by atoms with Gasteiger partial charge >= 0.3 is 6.01 Å². The molecular weight excluding hydrogens is 321 g/mol. The highest BCUT2D eigenvalue weighted by Gasteiger charge is 2.07. The second kappa shape index (κ2) is 5.36. The van der Waals surface area contributed by atoms with Crippen molar-refractivity contribution in [2.45, 2.75) is 0 Å². The third kappa shape index (κ3) is 2.99. The standard InChI is InChI=1S/C11H7BrFN3OS/c12-7-5-6(13)1-2-9(7)17-11-15-4-3-8(16-11)10(14)18/h1-5H,(H2,14,18). The summed E-state index contributed by atoms with van der Waals surface area (Å²) in [6.45, 7) is 0. The van der Waals surface area contributed by atoms with Crippen molar-refractivity contribution in [1.82, 2.24) is 9.97 Å². The second-order valence-electron chi connectivity index (χ2n) is 3.27. The van der Waals surface area contributed by atoms with Crippen molar-refractivity contribution in [1.29, 1.82) is 0 Å². The van der Waals surface area contributed by atoms with Crippen LogP contribution in [-0.4, -0.2) is 15.0 Å². The van der Waals surface area contributed by atoms with Crippen LogP contribution in [0.25, 0.3) is 0 Å². The third-order valence-electron chi connectivity index (χ3n) is 1.98. The molecule has 4 nitrogen and oxygen atoms in total. The predicted molar refractivity (Wildman–Crippen MR) is 72.1 cm³/mol. The smallest absolute Gasteiger partial charge is 0.322 e. The lowest BCUT2D eigenvalue weighted by Gasteiger charge is -2.06. The summed E-state index contributed by atoms with van der Waals surface area (Å²) in [4.78, 5) is 8.09. The van der Waals surface area contributed by atoms with Crippen LogP contribution in [0.5, 0.6) is 11.8 Å². The van der Waals surface area contributed by atoms with Crippen LogP contribution in [0.1, 0.15) is 5.69 Å². The predicted octanol–water partition coefficient (Wildman–Crippen LogP) is 2.80. The molecule has 2 aromatic rings. The number of nitrogens with two attached hydrogens (primary N) is 1. The number of nitrogens with zero attached hydrogens (tertiary/aromatic N) is 2. The lowest BCUT2D eigenvalue weighted by Crippen LogP contribution is -2.12. The summed E-state index contributed by atoms with van der Waals surface area (Å²) in [6.07, 6.45) is 1.48. The van der Waals surface area contributed by atoms with E-state index in [1.54, 1.807) is 6.07 Å². The van der Waals surface area contributed by atoms with Gasteiger partial charge in [0.05, 0.1) is 4.47 Å². The molecule has 1 aromatic carbocycles. The Morgan fingerprint density at radius 2 is 2.17 bits per heavy atom. The molecule has 7 heteroatoms. The van der Waals surface area contributed by atoms with E-state index in [2.05, 4.69) is 25.9 Å². The number of ether oxygens (including phenoxy) is 1. The molecule has 0 saturated heterocycles. The normalized spacial score (nSPS) is 10.1. The van der Waals surface area contributed by atoms with Gasteiger partial charge in [-0.15, -0.1) is 0 Å². The number of aromatic nitrogens is 2. The highest BCUT2D eigenvalue weighted by molar-refractivity contribution is 9.10. The maximum atomic E-state index is 12.9. The van der Waals surface area contributed by atoms with E-state index in [4.69, 9.17) is 22.7 Å². The molecule has 0 unspecified atom stereocenters. The van der Waals surface area contributed by atoms with E-state index in [9.17, 15) is 4.39 Å². The van der Waals surface area contributed by atoms with E-state index in [1.807, 2.05) is 0 Å². The fourth-order valence-electron chi connectivity index (χ4n) is 1.18. The van der Waals surface area contributed by atoms with Gasteiger partial charge in [-0.1, -0.05) is 12.2 Å². The molecule has 2 rings (SSSR count). The Morgan fingerprint density at radius 1 is 1.39 bits per heavy atom. The number of benzene rings is 1. The zero-order valence-corrected chi connectivity index (χ0v) is 11.3. The van der Waals surface area contributed by atoms with Crippen LogP contribution >= 0.6 is 28.1 Å². The summed E-state index contributed by atoms with van der Waals surface area (Å²) in [5.41, 5.74) is 5.86. The number of hydrogen-bond donors (Lipinski definition) is 1. The van der Waals surface area contributed by atoms with Gasteiger partial charge in [-0.05, 0) is 40.2 Å². The van der Waals surface area contributed by atoms with Gasteiger partial charge in [0.2, 0.25) is 0 Å². The Bertz CT molecular complexity index is 609. The van der Waals surface area contributed by atoms with Gasteiger partial charge in [-0.25, -0.2) is 9.37 Å². The Labute approximate surface area is 116 Å². The zero-order valence-electron chi connectivity index (χ0n) is 8.93. The molecule has 1 aromatic heterocycles. The molecular formula is C11H7BrFN3OS. The van der Waals surface area contributed by atoms with Crippen molar-refractivity contribution in [3.8, 4) is 11.8 Å². The van der Waals surface area contributed by atoms with Gasteiger partial charge in [0.25, 0.3) is 0 Å². The van der Waals surface area contributed by atoms with E-state index in [1.165, 1.54) is 24.4 Å². The van der Waals surface area contributed by atoms with Crippen LogP contribution in [0.2, 0.25) is 0 Å². The number of rotatable bonds is 3. The van der Waals surface area contributed by atoms with Crippen LogP contribution in [-0.2, 0) is 0 Å². The monoisotopic (exact) mass is 327 g/mol. The van der Waals surface area contributed by atoms with Crippen molar-refractivity contribution < 1.29 is 9.13 Å². The van der Waals surface area contributed by atoms with Crippen molar-refractivity contribution in [3.63, 3.8) is 0 Å². The molecule has 0 atom stereocenters. The topological polar surface area (TPSA) is 61.0 Å². The van der Waals surface area contributed by atoms with Crippen molar-refractivity contribution in [2.75, 3.05) is 0 Å². The molecule has 18 heavy (non-hydrogen) atoms. The molecule has 0 radical (unpaired) electrons. The molecule has 0 aliphatic rings. The minimum atomic E-state index is -0.368. The van der Waals surface area contributed by atoms with Gasteiger partial charge < -0.3 is 10.5 Å². The summed E-state index contributed by atoms with van der Waals surface area (Å²) in [6, 6.07) is 5.70. The SMILES string of the molecule is NC(=S)c1ccnc(Oc2ccc(F)cc2Br)n1. The van der Waals surface area contributed by atoms with E-state index in [0.717, 1.165) is 0 Å². The third-order valence-corrected chi connectivity index (χ3v) is 2.81. The first kappa shape index (κ1) is 12.8. The Hall–Kier alpha value is -1.60.